The Kier molecular flexibility index (Phi) is 5.22. The second-order valence-electron chi connectivity index (χ2n) is 5.51. The van der Waals surface area contributed by atoms with Gasteiger partial charge in [0, 0.05) is 12.0 Å². The van der Waals surface area contributed by atoms with Gasteiger partial charge in [0.15, 0.2) is 0 Å². The topological polar surface area (TPSA) is 49.3 Å². The second-order valence-corrected chi connectivity index (χ2v) is 6.60. The molecule has 0 aliphatic heterocycles. The predicted octanol–water partition coefficient (Wildman–Crippen LogP) is 2.93. The SMILES string of the molecule is CC1(NC(=O)c2ccc(C#CCCO)s2)CCCCC1. The number of carbonyl (C=O) groups is 1. The molecule has 1 aliphatic carbocycles. The van der Waals surface area contributed by atoms with Gasteiger partial charge in [-0.05, 0) is 31.9 Å². The largest absolute Gasteiger partial charge is 0.395 e. The number of hydrogen-bond acceptors (Lipinski definition) is 3. The van der Waals surface area contributed by atoms with Crippen LogP contribution in [-0.2, 0) is 0 Å². The molecule has 20 heavy (non-hydrogen) atoms. The fraction of sp³-hybridized carbons (Fsp3) is 0.562. The lowest BCUT2D eigenvalue weighted by Gasteiger charge is -2.34. The van der Waals surface area contributed by atoms with Crippen molar-refractivity contribution in [3.05, 3.63) is 21.9 Å². The molecule has 0 spiro atoms. The first-order valence-corrected chi connectivity index (χ1v) is 7.97. The molecule has 0 saturated heterocycles. The molecule has 2 rings (SSSR count). The standard InChI is InChI=1S/C16H21NO2S/c1-16(10-4-2-5-11-16)17-15(19)14-9-8-13(20-14)7-3-6-12-18/h8-9,18H,2,4-6,10-12H2,1H3,(H,17,19). The summed E-state index contributed by atoms with van der Waals surface area (Å²) >= 11 is 1.41. The van der Waals surface area contributed by atoms with Crippen LogP contribution in [0.5, 0.6) is 0 Å². The highest BCUT2D eigenvalue weighted by Crippen LogP contribution is 2.28. The third-order valence-corrected chi connectivity index (χ3v) is 4.65. The Morgan fingerprint density at radius 1 is 1.40 bits per heavy atom. The molecule has 2 N–H and O–H groups in total. The molecule has 1 fully saturated rings. The number of amides is 1. The molecule has 4 heteroatoms. The van der Waals surface area contributed by atoms with Crippen molar-refractivity contribution in [2.45, 2.75) is 51.0 Å². The van der Waals surface area contributed by atoms with Crippen molar-refractivity contribution >= 4 is 17.2 Å². The average molecular weight is 291 g/mol. The van der Waals surface area contributed by atoms with Crippen LogP contribution in [-0.4, -0.2) is 23.2 Å². The molecule has 1 saturated carbocycles. The van der Waals surface area contributed by atoms with E-state index in [4.69, 9.17) is 5.11 Å². The summed E-state index contributed by atoms with van der Waals surface area (Å²) in [7, 11) is 0. The van der Waals surface area contributed by atoms with E-state index in [1.54, 1.807) is 0 Å². The van der Waals surface area contributed by atoms with Crippen molar-refractivity contribution in [2.75, 3.05) is 6.61 Å². The summed E-state index contributed by atoms with van der Waals surface area (Å²) in [6.07, 6.45) is 6.26. The molecule has 0 atom stereocenters. The molecule has 0 unspecified atom stereocenters. The third kappa shape index (κ3) is 4.09. The van der Waals surface area contributed by atoms with Crippen molar-refractivity contribution in [1.82, 2.24) is 5.32 Å². The van der Waals surface area contributed by atoms with E-state index in [0.717, 1.165) is 17.7 Å². The van der Waals surface area contributed by atoms with E-state index in [-0.39, 0.29) is 18.1 Å². The minimum atomic E-state index is -0.0535. The number of thiophene rings is 1. The Morgan fingerprint density at radius 2 is 2.15 bits per heavy atom. The van der Waals surface area contributed by atoms with E-state index in [1.807, 2.05) is 12.1 Å². The van der Waals surface area contributed by atoms with Gasteiger partial charge in [0.1, 0.15) is 0 Å². The highest BCUT2D eigenvalue weighted by molar-refractivity contribution is 7.14. The van der Waals surface area contributed by atoms with Crippen LogP contribution in [0.3, 0.4) is 0 Å². The van der Waals surface area contributed by atoms with Crippen molar-refractivity contribution in [3.63, 3.8) is 0 Å². The highest BCUT2D eigenvalue weighted by Gasteiger charge is 2.28. The molecular formula is C16H21NO2S. The summed E-state index contributed by atoms with van der Waals surface area (Å²) in [4.78, 5) is 13.9. The highest BCUT2D eigenvalue weighted by atomic mass is 32.1. The van der Waals surface area contributed by atoms with Crippen molar-refractivity contribution < 1.29 is 9.90 Å². The lowest BCUT2D eigenvalue weighted by molar-refractivity contribution is 0.0887. The first kappa shape index (κ1) is 15.1. The van der Waals surface area contributed by atoms with Crippen LogP contribution in [0, 0.1) is 11.8 Å². The zero-order valence-electron chi connectivity index (χ0n) is 11.9. The van der Waals surface area contributed by atoms with E-state index < -0.39 is 0 Å². The smallest absolute Gasteiger partial charge is 0.261 e. The lowest BCUT2D eigenvalue weighted by atomic mass is 9.83. The normalized spacial score (nSPS) is 17.1. The average Bonchev–Trinajstić information content (AvgIpc) is 2.88. The molecule has 3 nitrogen and oxygen atoms in total. The zero-order valence-corrected chi connectivity index (χ0v) is 12.7. The molecule has 1 aromatic rings. The summed E-state index contributed by atoms with van der Waals surface area (Å²) in [6, 6.07) is 3.70. The van der Waals surface area contributed by atoms with Gasteiger partial charge in [-0.1, -0.05) is 31.1 Å². The Labute approximate surface area is 124 Å². The molecular weight excluding hydrogens is 270 g/mol. The maximum absolute atomic E-state index is 12.3. The van der Waals surface area contributed by atoms with Crippen LogP contribution in [0.15, 0.2) is 12.1 Å². The summed E-state index contributed by atoms with van der Waals surface area (Å²) in [5, 5.41) is 11.9. The third-order valence-electron chi connectivity index (χ3n) is 3.65. The number of carbonyl (C=O) groups excluding carboxylic acids is 1. The van der Waals surface area contributed by atoms with Crippen molar-refractivity contribution in [3.8, 4) is 11.8 Å². The predicted molar refractivity (Wildman–Crippen MR) is 81.9 cm³/mol. The summed E-state index contributed by atoms with van der Waals surface area (Å²) in [6.45, 7) is 2.21. The first-order chi connectivity index (χ1) is 9.63. The second kappa shape index (κ2) is 6.92. The van der Waals surface area contributed by atoms with Gasteiger partial charge in [-0.2, -0.15) is 0 Å². The van der Waals surface area contributed by atoms with Gasteiger partial charge < -0.3 is 10.4 Å². The molecule has 108 valence electrons. The number of nitrogens with one attached hydrogen (secondary N) is 1. The zero-order chi connectivity index (χ0) is 14.4. The molecule has 1 aromatic heterocycles. The first-order valence-electron chi connectivity index (χ1n) is 7.15. The van der Waals surface area contributed by atoms with Gasteiger partial charge in [0.25, 0.3) is 5.91 Å². The van der Waals surface area contributed by atoms with Crippen LogP contribution in [0.1, 0.15) is 60.0 Å². The summed E-state index contributed by atoms with van der Waals surface area (Å²) in [5.74, 6) is 5.84. The van der Waals surface area contributed by atoms with Crippen molar-refractivity contribution in [2.24, 2.45) is 0 Å². The molecule has 0 bridgehead atoms. The summed E-state index contributed by atoms with van der Waals surface area (Å²) in [5.41, 5.74) is -0.0535. The Morgan fingerprint density at radius 3 is 2.85 bits per heavy atom. The molecule has 0 aromatic carbocycles. The monoisotopic (exact) mass is 291 g/mol. The summed E-state index contributed by atoms with van der Waals surface area (Å²) < 4.78 is 0. The van der Waals surface area contributed by atoms with Crippen LogP contribution >= 0.6 is 11.3 Å². The van der Waals surface area contributed by atoms with Crippen LogP contribution in [0.2, 0.25) is 0 Å². The molecule has 1 heterocycles. The van der Waals surface area contributed by atoms with E-state index in [1.165, 1.54) is 30.6 Å². The van der Waals surface area contributed by atoms with Gasteiger partial charge in [-0.25, -0.2) is 0 Å². The van der Waals surface area contributed by atoms with E-state index >= 15 is 0 Å². The Hall–Kier alpha value is -1.31. The fourth-order valence-electron chi connectivity index (χ4n) is 2.53. The van der Waals surface area contributed by atoms with Crippen molar-refractivity contribution in [1.29, 1.82) is 0 Å². The van der Waals surface area contributed by atoms with Gasteiger partial charge in [-0.3, -0.25) is 4.79 Å². The maximum Gasteiger partial charge on any atom is 0.261 e. The minimum Gasteiger partial charge on any atom is -0.395 e. The molecule has 1 aliphatic rings. The van der Waals surface area contributed by atoms with E-state index in [0.29, 0.717) is 11.3 Å². The van der Waals surface area contributed by atoms with Crippen LogP contribution < -0.4 is 5.32 Å². The number of aliphatic hydroxyl groups excluding tert-OH is 1. The van der Waals surface area contributed by atoms with Gasteiger partial charge in [-0.15, -0.1) is 11.3 Å². The van der Waals surface area contributed by atoms with Crippen LogP contribution in [0.4, 0.5) is 0 Å². The lowest BCUT2D eigenvalue weighted by Crippen LogP contribution is -2.46. The van der Waals surface area contributed by atoms with E-state index in [9.17, 15) is 4.79 Å². The minimum absolute atomic E-state index is 0.00890. The Balaban J connectivity index is 1.97. The van der Waals surface area contributed by atoms with Crippen LogP contribution in [0.25, 0.3) is 0 Å². The van der Waals surface area contributed by atoms with Gasteiger partial charge >= 0.3 is 0 Å². The van der Waals surface area contributed by atoms with Gasteiger partial charge in [0.05, 0.1) is 16.4 Å². The number of aliphatic hydroxyl groups is 1. The quantitative estimate of drug-likeness (QED) is 0.841. The molecule has 1 amide bonds. The number of rotatable bonds is 3. The fourth-order valence-corrected chi connectivity index (χ4v) is 3.30. The van der Waals surface area contributed by atoms with E-state index in [2.05, 4.69) is 24.1 Å². The van der Waals surface area contributed by atoms with Gasteiger partial charge in [0.2, 0.25) is 0 Å². The number of hydrogen-bond donors (Lipinski definition) is 2. The Bertz CT molecular complexity index is 518. The maximum atomic E-state index is 12.3. The molecule has 0 radical (unpaired) electrons.